The van der Waals surface area contributed by atoms with E-state index in [2.05, 4.69) is 31.9 Å². The van der Waals surface area contributed by atoms with E-state index in [9.17, 15) is 5.11 Å². The minimum atomic E-state index is -0.908. The fourth-order valence-electron chi connectivity index (χ4n) is 3.68. The van der Waals surface area contributed by atoms with Gasteiger partial charge in [-0.1, -0.05) is 23.7 Å². The summed E-state index contributed by atoms with van der Waals surface area (Å²) in [5, 5.41) is 11.2. The van der Waals surface area contributed by atoms with Crippen molar-refractivity contribution in [3.63, 3.8) is 0 Å². The Morgan fingerprint density at radius 2 is 1.77 bits per heavy atom. The second-order valence-electron chi connectivity index (χ2n) is 7.46. The molecule has 2 aromatic carbocycles. The molecule has 1 atom stereocenters. The van der Waals surface area contributed by atoms with Crippen molar-refractivity contribution in [2.24, 2.45) is 0 Å². The van der Waals surface area contributed by atoms with Crippen LogP contribution in [0.15, 0.2) is 60.8 Å². The number of aliphatic hydroxyl groups excluding tert-OH is 1. The van der Waals surface area contributed by atoms with Crippen molar-refractivity contribution >= 4 is 23.2 Å². The fourth-order valence-corrected chi connectivity index (χ4v) is 3.81. The van der Waals surface area contributed by atoms with Gasteiger partial charge in [-0.2, -0.15) is 0 Å². The van der Waals surface area contributed by atoms with Crippen LogP contribution in [0.25, 0.3) is 11.3 Å². The quantitative estimate of drug-likeness (QED) is 0.546. The second kappa shape index (κ2) is 9.96. The Bertz CT molecular complexity index is 993. The fraction of sp³-hybridized carbons (Fsp3) is 0.304. The molecule has 4 rings (SSSR count). The maximum atomic E-state index is 10.5. The second-order valence-corrected chi connectivity index (χ2v) is 7.90. The van der Waals surface area contributed by atoms with Crippen molar-refractivity contribution < 1.29 is 9.84 Å². The Morgan fingerprint density at radius 3 is 2.52 bits per heavy atom. The molecule has 1 aromatic heterocycles. The van der Waals surface area contributed by atoms with Gasteiger partial charge in [0.05, 0.1) is 5.69 Å². The highest BCUT2D eigenvalue weighted by molar-refractivity contribution is 6.30. The van der Waals surface area contributed by atoms with Gasteiger partial charge in [-0.15, -0.1) is 0 Å². The summed E-state index contributed by atoms with van der Waals surface area (Å²) in [6.07, 6.45) is 1.21. The third kappa shape index (κ3) is 5.64. The van der Waals surface area contributed by atoms with E-state index in [0.29, 0.717) is 17.9 Å². The van der Waals surface area contributed by atoms with Gasteiger partial charge in [0.2, 0.25) is 5.95 Å². The number of hydrogen-bond acceptors (Lipinski definition) is 7. The molecule has 3 N–H and O–H groups in total. The normalized spacial score (nSPS) is 15.6. The summed E-state index contributed by atoms with van der Waals surface area (Å²) in [7, 11) is 0. The van der Waals surface area contributed by atoms with Crippen molar-refractivity contribution in [2.75, 3.05) is 43.4 Å². The Balaban J connectivity index is 1.29. The lowest BCUT2D eigenvalue weighted by Crippen LogP contribution is -2.47. The molecule has 0 bridgehead atoms. The minimum absolute atomic E-state index is 0.200. The average Bonchev–Trinajstić information content (AvgIpc) is 2.79. The molecule has 1 fully saturated rings. The minimum Gasteiger partial charge on any atom is -0.464 e. The third-order valence-corrected chi connectivity index (χ3v) is 5.61. The summed E-state index contributed by atoms with van der Waals surface area (Å²) >= 11 is 5.98. The molecule has 1 aliphatic heterocycles. The lowest BCUT2D eigenvalue weighted by atomic mass is 10.1. The molecule has 7 nitrogen and oxygen atoms in total. The van der Waals surface area contributed by atoms with Crippen LogP contribution in [0.1, 0.15) is 6.42 Å². The molecule has 0 aliphatic carbocycles. The SMILES string of the molecule is Nc1nccc(-c2ccccc2OC(O)CCN2CCN(c3ccc(Cl)cc3)CC2)n1. The smallest absolute Gasteiger partial charge is 0.220 e. The van der Waals surface area contributed by atoms with E-state index in [1.807, 2.05) is 36.4 Å². The molecule has 0 radical (unpaired) electrons. The first-order chi connectivity index (χ1) is 15.1. The van der Waals surface area contributed by atoms with Gasteiger partial charge in [0, 0.05) is 61.6 Å². The average molecular weight is 440 g/mol. The van der Waals surface area contributed by atoms with Crippen LogP contribution < -0.4 is 15.4 Å². The van der Waals surface area contributed by atoms with E-state index in [-0.39, 0.29) is 5.95 Å². The van der Waals surface area contributed by atoms with E-state index in [0.717, 1.165) is 43.3 Å². The molecule has 8 heteroatoms. The van der Waals surface area contributed by atoms with Gasteiger partial charge in [0.1, 0.15) is 5.75 Å². The molecule has 0 spiro atoms. The van der Waals surface area contributed by atoms with Gasteiger partial charge in [-0.3, -0.25) is 4.90 Å². The molecule has 2 heterocycles. The van der Waals surface area contributed by atoms with E-state index in [1.54, 1.807) is 12.3 Å². The molecule has 31 heavy (non-hydrogen) atoms. The number of para-hydroxylation sites is 1. The van der Waals surface area contributed by atoms with Gasteiger partial charge >= 0.3 is 0 Å². The molecule has 0 amide bonds. The number of rotatable bonds is 7. The van der Waals surface area contributed by atoms with Crippen molar-refractivity contribution in [1.29, 1.82) is 0 Å². The van der Waals surface area contributed by atoms with Crippen LogP contribution in [0.3, 0.4) is 0 Å². The molecule has 1 unspecified atom stereocenters. The third-order valence-electron chi connectivity index (χ3n) is 5.36. The zero-order chi connectivity index (χ0) is 21.6. The highest BCUT2D eigenvalue weighted by Crippen LogP contribution is 2.29. The number of anilines is 2. The zero-order valence-corrected chi connectivity index (χ0v) is 17.9. The van der Waals surface area contributed by atoms with E-state index < -0.39 is 6.29 Å². The number of aromatic nitrogens is 2. The maximum Gasteiger partial charge on any atom is 0.220 e. The number of nitrogens with zero attached hydrogens (tertiary/aromatic N) is 4. The first-order valence-corrected chi connectivity index (χ1v) is 10.7. The Kier molecular flexibility index (Phi) is 6.86. The van der Waals surface area contributed by atoms with Gasteiger partial charge in [0.15, 0.2) is 6.29 Å². The van der Waals surface area contributed by atoms with Crippen LogP contribution in [-0.4, -0.2) is 59.0 Å². The van der Waals surface area contributed by atoms with Gasteiger partial charge < -0.3 is 20.5 Å². The summed E-state index contributed by atoms with van der Waals surface area (Å²) < 4.78 is 5.84. The summed E-state index contributed by atoms with van der Waals surface area (Å²) in [4.78, 5) is 12.9. The highest BCUT2D eigenvalue weighted by Gasteiger charge is 2.19. The topological polar surface area (TPSA) is 87.7 Å². The predicted molar refractivity (Wildman–Crippen MR) is 123 cm³/mol. The van der Waals surface area contributed by atoms with E-state index in [1.165, 1.54) is 5.69 Å². The van der Waals surface area contributed by atoms with Crippen LogP contribution in [0, 0.1) is 0 Å². The number of benzene rings is 2. The zero-order valence-electron chi connectivity index (χ0n) is 17.2. The molecule has 3 aromatic rings. The predicted octanol–water partition coefficient (Wildman–Crippen LogP) is 3.29. The van der Waals surface area contributed by atoms with Crippen molar-refractivity contribution in [3.05, 3.63) is 65.8 Å². The summed E-state index contributed by atoms with van der Waals surface area (Å²) in [6, 6.07) is 17.2. The molecule has 1 saturated heterocycles. The van der Waals surface area contributed by atoms with Crippen molar-refractivity contribution in [2.45, 2.75) is 12.7 Å². The van der Waals surface area contributed by atoms with Crippen LogP contribution in [0.4, 0.5) is 11.6 Å². The van der Waals surface area contributed by atoms with Gasteiger partial charge in [0.25, 0.3) is 0 Å². The Morgan fingerprint density at radius 1 is 1.03 bits per heavy atom. The number of ether oxygens (including phenoxy) is 1. The molecule has 1 aliphatic rings. The standard InChI is InChI=1S/C23H26ClN5O2/c24-17-5-7-18(8-6-17)29-15-13-28(14-16-29)12-10-22(30)31-21-4-2-1-3-19(21)20-9-11-26-23(25)27-20/h1-9,11,22,30H,10,12-16H2,(H2,25,26,27). The Labute approximate surface area is 187 Å². The summed E-state index contributed by atoms with van der Waals surface area (Å²) in [6.45, 7) is 4.52. The van der Waals surface area contributed by atoms with E-state index >= 15 is 0 Å². The van der Waals surface area contributed by atoms with Crippen molar-refractivity contribution in [1.82, 2.24) is 14.9 Å². The number of nitrogens with two attached hydrogens (primary N) is 1. The number of piperazine rings is 1. The number of nitrogen functional groups attached to an aromatic ring is 1. The van der Waals surface area contributed by atoms with E-state index in [4.69, 9.17) is 22.1 Å². The first kappa shape index (κ1) is 21.4. The summed E-state index contributed by atoms with van der Waals surface area (Å²) in [5.74, 6) is 0.770. The number of halogens is 1. The molecule has 162 valence electrons. The van der Waals surface area contributed by atoms with Gasteiger partial charge in [-0.25, -0.2) is 9.97 Å². The highest BCUT2D eigenvalue weighted by atomic mass is 35.5. The largest absolute Gasteiger partial charge is 0.464 e. The van der Waals surface area contributed by atoms with Crippen LogP contribution in [-0.2, 0) is 0 Å². The lowest BCUT2D eigenvalue weighted by Gasteiger charge is -2.36. The number of hydrogen-bond donors (Lipinski definition) is 2. The maximum absolute atomic E-state index is 10.5. The number of aliphatic hydroxyl groups is 1. The first-order valence-electron chi connectivity index (χ1n) is 10.3. The van der Waals surface area contributed by atoms with Crippen LogP contribution >= 0.6 is 11.6 Å². The monoisotopic (exact) mass is 439 g/mol. The van der Waals surface area contributed by atoms with Crippen LogP contribution in [0.2, 0.25) is 5.02 Å². The van der Waals surface area contributed by atoms with Crippen LogP contribution in [0.5, 0.6) is 5.75 Å². The summed E-state index contributed by atoms with van der Waals surface area (Å²) in [5.41, 5.74) is 8.32. The Hall–Kier alpha value is -2.87. The molecule has 0 saturated carbocycles. The van der Waals surface area contributed by atoms with Gasteiger partial charge in [-0.05, 0) is 42.5 Å². The molecular formula is C23H26ClN5O2. The lowest BCUT2D eigenvalue weighted by molar-refractivity contribution is -0.0288. The molecular weight excluding hydrogens is 414 g/mol. The van der Waals surface area contributed by atoms with Crippen molar-refractivity contribution in [3.8, 4) is 17.0 Å².